The highest BCUT2D eigenvalue weighted by atomic mass is 32.1. The van der Waals surface area contributed by atoms with Crippen LogP contribution < -0.4 is 11.1 Å². The van der Waals surface area contributed by atoms with Crippen molar-refractivity contribution in [1.82, 2.24) is 4.98 Å². The molecule has 0 saturated carbocycles. The summed E-state index contributed by atoms with van der Waals surface area (Å²) in [5.41, 5.74) is 6.18. The van der Waals surface area contributed by atoms with Gasteiger partial charge in [0.25, 0.3) is 0 Å². The molecule has 0 spiro atoms. The van der Waals surface area contributed by atoms with Crippen LogP contribution in [0.1, 0.15) is 5.56 Å². The van der Waals surface area contributed by atoms with Gasteiger partial charge in [-0.05, 0) is 12.1 Å². The molecule has 1 rings (SSSR count). The molecule has 4 nitrogen and oxygen atoms in total. The summed E-state index contributed by atoms with van der Waals surface area (Å²) in [6, 6.07) is 3.55. The molecule has 0 aromatic carbocycles. The van der Waals surface area contributed by atoms with Crippen LogP contribution in [0.4, 0.5) is 5.82 Å². The maximum Gasteiger partial charge on any atom is 0.136 e. The third-order valence-electron chi connectivity index (χ3n) is 1.48. The molecule has 0 saturated heterocycles. The third kappa shape index (κ3) is 2.64. The minimum atomic E-state index is 0.0490. The van der Waals surface area contributed by atoms with Crippen molar-refractivity contribution in [1.29, 1.82) is 0 Å². The molecule has 1 heterocycles. The summed E-state index contributed by atoms with van der Waals surface area (Å²) < 4.78 is 0. The zero-order valence-corrected chi connectivity index (χ0v) is 7.84. The molecule has 0 aliphatic carbocycles. The minimum Gasteiger partial charge on any atom is -0.395 e. The van der Waals surface area contributed by atoms with Crippen LogP contribution in [-0.2, 0) is 0 Å². The van der Waals surface area contributed by atoms with Gasteiger partial charge in [-0.1, -0.05) is 12.2 Å². The normalized spacial score (nSPS) is 9.62. The first-order chi connectivity index (χ1) is 6.25. The first kappa shape index (κ1) is 9.88. The van der Waals surface area contributed by atoms with E-state index in [9.17, 15) is 0 Å². The summed E-state index contributed by atoms with van der Waals surface area (Å²) in [4.78, 5) is 4.35. The van der Waals surface area contributed by atoms with Gasteiger partial charge in [-0.2, -0.15) is 0 Å². The molecule has 0 atom stereocenters. The Morgan fingerprint density at radius 3 is 3.08 bits per heavy atom. The summed E-state index contributed by atoms with van der Waals surface area (Å²) in [6.45, 7) is 0.486. The predicted molar refractivity (Wildman–Crippen MR) is 55.7 cm³/mol. The van der Waals surface area contributed by atoms with Gasteiger partial charge in [0, 0.05) is 12.7 Å². The van der Waals surface area contributed by atoms with Crippen molar-refractivity contribution in [3.05, 3.63) is 23.9 Å². The van der Waals surface area contributed by atoms with E-state index in [4.69, 9.17) is 23.1 Å². The van der Waals surface area contributed by atoms with Gasteiger partial charge in [-0.3, -0.25) is 0 Å². The minimum absolute atomic E-state index is 0.0490. The number of aromatic nitrogens is 1. The van der Waals surface area contributed by atoms with E-state index >= 15 is 0 Å². The number of pyridine rings is 1. The second-order valence-electron chi connectivity index (χ2n) is 2.41. The third-order valence-corrected chi connectivity index (χ3v) is 1.70. The van der Waals surface area contributed by atoms with Crippen LogP contribution in [0.15, 0.2) is 18.3 Å². The van der Waals surface area contributed by atoms with Crippen LogP contribution in [0.3, 0.4) is 0 Å². The molecule has 0 bridgehead atoms. The molecule has 0 aliphatic heterocycles. The molecule has 1 aromatic heterocycles. The Labute approximate surface area is 81.8 Å². The summed E-state index contributed by atoms with van der Waals surface area (Å²) in [6.07, 6.45) is 1.64. The number of nitrogens with one attached hydrogen (secondary N) is 1. The maximum absolute atomic E-state index is 8.60. The molecule has 0 fully saturated rings. The summed E-state index contributed by atoms with van der Waals surface area (Å²) in [5.74, 6) is 0.615. The highest BCUT2D eigenvalue weighted by Gasteiger charge is 2.03. The topological polar surface area (TPSA) is 71.2 Å². The fourth-order valence-electron chi connectivity index (χ4n) is 0.919. The molecular weight excluding hydrogens is 186 g/mol. The largest absolute Gasteiger partial charge is 0.395 e. The van der Waals surface area contributed by atoms with Crippen molar-refractivity contribution < 1.29 is 5.11 Å². The van der Waals surface area contributed by atoms with E-state index in [0.29, 0.717) is 22.9 Å². The van der Waals surface area contributed by atoms with E-state index in [1.165, 1.54) is 0 Å². The highest BCUT2D eigenvalue weighted by molar-refractivity contribution is 7.80. The Hall–Kier alpha value is -1.20. The zero-order valence-electron chi connectivity index (χ0n) is 7.03. The van der Waals surface area contributed by atoms with E-state index in [0.717, 1.165) is 0 Å². The lowest BCUT2D eigenvalue weighted by molar-refractivity contribution is 0.311. The molecule has 0 radical (unpaired) electrons. The molecule has 1 aromatic rings. The van der Waals surface area contributed by atoms with Gasteiger partial charge in [0.05, 0.1) is 12.2 Å². The summed E-state index contributed by atoms with van der Waals surface area (Å²) >= 11 is 4.84. The monoisotopic (exact) mass is 197 g/mol. The molecule has 0 aliphatic rings. The Balaban J connectivity index is 2.84. The van der Waals surface area contributed by atoms with E-state index in [1.807, 2.05) is 0 Å². The van der Waals surface area contributed by atoms with Crippen LogP contribution in [-0.4, -0.2) is 28.2 Å². The first-order valence-corrected chi connectivity index (χ1v) is 4.26. The molecule has 0 unspecified atom stereocenters. The zero-order chi connectivity index (χ0) is 9.68. The molecular formula is C8H11N3OS. The first-order valence-electron chi connectivity index (χ1n) is 3.85. The second kappa shape index (κ2) is 4.74. The van der Waals surface area contributed by atoms with E-state index < -0.39 is 0 Å². The number of aliphatic hydroxyl groups is 1. The number of anilines is 1. The number of hydrogen-bond donors (Lipinski definition) is 3. The van der Waals surface area contributed by atoms with Crippen molar-refractivity contribution in [2.75, 3.05) is 18.5 Å². The van der Waals surface area contributed by atoms with Gasteiger partial charge in [-0.25, -0.2) is 4.98 Å². The Kier molecular flexibility index (Phi) is 3.60. The van der Waals surface area contributed by atoms with Crippen molar-refractivity contribution in [3.63, 3.8) is 0 Å². The van der Waals surface area contributed by atoms with Crippen LogP contribution in [0.2, 0.25) is 0 Å². The van der Waals surface area contributed by atoms with Crippen LogP contribution in [0.5, 0.6) is 0 Å². The average Bonchev–Trinajstić information content (AvgIpc) is 2.15. The quantitative estimate of drug-likeness (QED) is 0.598. The van der Waals surface area contributed by atoms with Crippen molar-refractivity contribution in [2.24, 2.45) is 5.73 Å². The van der Waals surface area contributed by atoms with Gasteiger partial charge >= 0.3 is 0 Å². The van der Waals surface area contributed by atoms with E-state index in [1.54, 1.807) is 18.3 Å². The van der Waals surface area contributed by atoms with Gasteiger partial charge in [0.2, 0.25) is 0 Å². The fraction of sp³-hybridized carbons (Fsp3) is 0.250. The van der Waals surface area contributed by atoms with Crippen molar-refractivity contribution in [3.8, 4) is 0 Å². The van der Waals surface area contributed by atoms with Crippen molar-refractivity contribution >= 4 is 23.0 Å². The highest BCUT2D eigenvalue weighted by Crippen LogP contribution is 2.10. The van der Waals surface area contributed by atoms with E-state index in [-0.39, 0.29) is 6.61 Å². The Morgan fingerprint density at radius 1 is 1.69 bits per heavy atom. The molecule has 13 heavy (non-hydrogen) atoms. The molecule has 0 amide bonds. The molecule has 4 N–H and O–H groups in total. The number of hydrogen-bond acceptors (Lipinski definition) is 4. The lowest BCUT2D eigenvalue weighted by Gasteiger charge is -2.07. The maximum atomic E-state index is 8.60. The Morgan fingerprint density at radius 2 is 2.46 bits per heavy atom. The van der Waals surface area contributed by atoms with E-state index in [2.05, 4.69) is 10.3 Å². The van der Waals surface area contributed by atoms with Gasteiger partial charge < -0.3 is 16.2 Å². The number of nitrogens with two attached hydrogens (primary N) is 1. The number of aliphatic hydroxyl groups excluding tert-OH is 1. The SMILES string of the molecule is NC(=S)c1cccnc1NCCO. The lowest BCUT2D eigenvalue weighted by atomic mass is 10.2. The average molecular weight is 197 g/mol. The standard InChI is InChI=1S/C8H11N3OS/c9-7(13)6-2-1-3-10-8(6)11-4-5-12/h1-3,12H,4-5H2,(H2,9,13)(H,10,11). The number of thiocarbonyl (C=S) groups is 1. The van der Waals surface area contributed by atoms with Crippen LogP contribution in [0, 0.1) is 0 Å². The fourth-order valence-corrected chi connectivity index (χ4v) is 1.08. The Bertz CT molecular complexity index is 303. The van der Waals surface area contributed by atoms with Crippen molar-refractivity contribution in [2.45, 2.75) is 0 Å². The van der Waals surface area contributed by atoms with Gasteiger partial charge in [0.1, 0.15) is 10.8 Å². The van der Waals surface area contributed by atoms with Gasteiger partial charge in [-0.15, -0.1) is 0 Å². The van der Waals surface area contributed by atoms with Crippen LogP contribution in [0.25, 0.3) is 0 Å². The predicted octanol–water partition coefficient (Wildman–Crippen LogP) is 0.120. The lowest BCUT2D eigenvalue weighted by Crippen LogP contribution is -2.15. The molecule has 70 valence electrons. The smallest absolute Gasteiger partial charge is 0.136 e. The number of rotatable bonds is 4. The number of nitrogens with zero attached hydrogens (tertiary/aromatic N) is 1. The second-order valence-corrected chi connectivity index (χ2v) is 2.85. The van der Waals surface area contributed by atoms with Crippen LogP contribution >= 0.6 is 12.2 Å². The van der Waals surface area contributed by atoms with Gasteiger partial charge in [0.15, 0.2) is 0 Å². The summed E-state index contributed by atoms with van der Waals surface area (Å²) in [7, 11) is 0. The summed E-state index contributed by atoms with van der Waals surface area (Å²) in [5, 5.41) is 11.5. The molecule has 5 heteroatoms.